The molecule has 1 unspecified atom stereocenters. The minimum atomic E-state index is -0.753. The summed E-state index contributed by atoms with van der Waals surface area (Å²) in [6.07, 6.45) is 5.49. The van der Waals surface area contributed by atoms with E-state index in [9.17, 15) is 9.90 Å². The summed E-state index contributed by atoms with van der Waals surface area (Å²) in [5, 5.41) is 12.7. The van der Waals surface area contributed by atoms with Gasteiger partial charge in [0.15, 0.2) is 0 Å². The van der Waals surface area contributed by atoms with E-state index >= 15 is 0 Å². The zero-order chi connectivity index (χ0) is 11.8. The van der Waals surface area contributed by atoms with Gasteiger partial charge in [0.25, 0.3) is 0 Å². The highest BCUT2D eigenvalue weighted by Gasteiger charge is 2.44. The van der Waals surface area contributed by atoms with E-state index in [0.717, 1.165) is 38.5 Å². The number of rotatable bonds is 3. The molecule has 2 aliphatic carbocycles. The SMILES string of the molecule is CC(N)(C(=O)N[C@@H]1CCCC[C@H]1O)C1CC1. The molecule has 4 nitrogen and oxygen atoms in total. The Labute approximate surface area is 96.6 Å². The van der Waals surface area contributed by atoms with Crippen LogP contribution in [-0.2, 0) is 4.79 Å². The average molecular weight is 226 g/mol. The fraction of sp³-hybridized carbons (Fsp3) is 0.917. The molecule has 0 aromatic carbocycles. The summed E-state index contributed by atoms with van der Waals surface area (Å²) >= 11 is 0. The molecule has 2 rings (SSSR count). The Morgan fingerprint density at radius 3 is 2.50 bits per heavy atom. The van der Waals surface area contributed by atoms with Crippen molar-refractivity contribution in [1.29, 1.82) is 0 Å². The van der Waals surface area contributed by atoms with Crippen molar-refractivity contribution in [3.8, 4) is 0 Å². The summed E-state index contributed by atoms with van der Waals surface area (Å²) in [7, 11) is 0. The molecule has 0 bridgehead atoms. The molecular weight excluding hydrogens is 204 g/mol. The van der Waals surface area contributed by atoms with Crippen molar-refractivity contribution in [2.75, 3.05) is 0 Å². The number of hydrogen-bond donors (Lipinski definition) is 3. The van der Waals surface area contributed by atoms with Crippen molar-refractivity contribution in [3.63, 3.8) is 0 Å². The second-order valence-corrected chi connectivity index (χ2v) is 5.49. The second kappa shape index (κ2) is 4.34. The van der Waals surface area contributed by atoms with Gasteiger partial charge in [-0.3, -0.25) is 4.79 Å². The highest BCUT2D eigenvalue weighted by molar-refractivity contribution is 5.86. The van der Waals surface area contributed by atoms with Gasteiger partial charge in [0.05, 0.1) is 17.7 Å². The number of hydrogen-bond acceptors (Lipinski definition) is 3. The van der Waals surface area contributed by atoms with Crippen LogP contribution in [0, 0.1) is 5.92 Å². The molecule has 0 spiro atoms. The van der Waals surface area contributed by atoms with Crippen LogP contribution < -0.4 is 11.1 Å². The van der Waals surface area contributed by atoms with Crippen molar-refractivity contribution in [2.45, 2.75) is 63.1 Å². The van der Waals surface area contributed by atoms with Crippen LogP contribution in [0.2, 0.25) is 0 Å². The fourth-order valence-corrected chi connectivity index (χ4v) is 2.47. The number of nitrogens with one attached hydrogen (secondary N) is 1. The van der Waals surface area contributed by atoms with Crippen molar-refractivity contribution in [2.24, 2.45) is 11.7 Å². The standard InChI is InChI=1S/C12H22N2O2/c1-12(13,8-6-7-8)11(16)14-9-4-2-3-5-10(9)15/h8-10,15H,2-7,13H2,1H3,(H,14,16)/t9-,10-,12?/m1/s1. The third kappa shape index (κ3) is 2.38. The number of nitrogens with two attached hydrogens (primary N) is 1. The maximum atomic E-state index is 12.0. The number of amides is 1. The highest BCUT2D eigenvalue weighted by atomic mass is 16.3. The first-order chi connectivity index (χ1) is 7.51. The van der Waals surface area contributed by atoms with Gasteiger partial charge in [-0.05, 0) is 38.5 Å². The Morgan fingerprint density at radius 1 is 1.31 bits per heavy atom. The van der Waals surface area contributed by atoms with Crippen LogP contribution in [0.3, 0.4) is 0 Å². The maximum Gasteiger partial charge on any atom is 0.240 e. The Bertz CT molecular complexity index is 274. The minimum absolute atomic E-state index is 0.0946. The minimum Gasteiger partial charge on any atom is -0.391 e. The molecule has 0 saturated heterocycles. The third-order valence-electron chi connectivity index (χ3n) is 3.96. The smallest absolute Gasteiger partial charge is 0.240 e. The molecule has 2 saturated carbocycles. The molecule has 2 fully saturated rings. The molecule has 0 aromatic heterocycles. The molecule has 4 N–H and O–H groups in total. The molecule has 4 heteroatoms. The van der Waals surface area contributed by atoms with Gasteiger partial charge in [-0.1, -0.05) is 12.8 Å². The summed E-state index contributed by atoms with van der Waals surface area (Å²) < 4.78 is 0. The van der Waals surface area contributed by atoms with Crippen molar-refractivity contribution < 1.29 is 9.90 Å². The summed E-state index contributed by atoms with van der Waals surface area (Å²) in [6.45, 7) is 1.80. The Morgan fingerprint density at radius 2 is 1.94 bits per heavy atom. The van der Waals surface area contributed by atoms with Crippen molar-refractivity contribution in [3.05, 3.63) is 0 Å². The average Bonchev–Trinajstić information content (AvgIpc) is 3.04. The molecule has 0 aromatic rings. The van der Waals surface area contributed by atoms with Crippen LogP contribution in [0.15, 0.2) is 0 Å². The van der Waals surface area contributed by atoms with Crippen LogP contribution in [-0.4, -0.2) is 28.7 Å². The predicted octanol–water partition coefficient (Wildman–Crippen LogP) is 0.533. The Hall–Kier alpha value is -0.610. The molecule has 92 valence electrons. The molecule has 0 heterocycles. The van der Waals surface area contributed by atoms with Crippen LogP contribution in [0.4, 0.5) is 0 Å². The topological polar surface area (TPSA) is 75.4 Å². The van der Waals surface area contributed by atoms with Gasteiger partial charge in [0.2, 0.25) is 5.91 Å². The molecule has 3 atom stereocenters. The number of carbonyl (C=O) groups excluding carboxylic acids is 1. The maximum absolute atomic E-state index is 12.0. The van der Waals surface area contributed by atoms with E-state index in [-0.39, 0.29) is 11.9 Å². The van der Waals surface area contributed by atoms with Gasteiger partial charge in [-0.2, -0.15) is 0 Å². The van der Waals surface area contributed by atoms with E-state index in [4.69, 9.17) is 5.73 Å². The summed E-state index contributed by atoms with van der Waals surface area (Å²) in [5.74, 6) is 0.231. The van der Waals surface area contributed by atoms with Gasteiger partial charge in [0, 0.05) is 0 Å². The number of aliphatic hydroxyl groups excluding tert-OH is 1. The van der Waals surface area contributed by atoms with E-state index in [1.54, 1.807) is 6.92 Å². The lowest BCUT2D eigenvalue weighted by Gasteiger charge is -2.32. The van der Waals surface area contributed by atoms with Crippen molar-refractivity contribution in [1.82, 2.24) is 5.32 Å². The van der Waals surface area contributed by atoms with Gasteiger partial charge < -0.3 is 16.2 Å². The first-order valence-corrected chi connectivity index (χ1v) is 6.29. The van der Waals surface area contributed by atoms with E-state index in [1.165, 1.54) is 0 Å². The first-order valence-electron chi connectivity index (χ1n) is 6.29. The Balaban J connectivity index is 1.90. The monoisotopic (exact) mass is 226 g/mol. The number of carbonyl (C=O) groups is 1. The lowest BCUT2D eigenvalue weighted by molar-refractivity contribution is -0.128. The Kier molecular flexibility index (Phi) is 3.22. The van der Waals surface area contributed by atoms with E-state index < -0.39 is 11.6 Å². The lowest BCUT2D eigenvalue weighted by Crippen LogP contribution is -2.58. The summed E-state index contributed by atoms with van der Waals surface area (Å²) in [6, 6.07) is -0.0946. The molecule has 16 heavy (non-hydrogen) atoms. The van der Waals surface area contributed by atoms with Crippen LogP contribution in [0.25, 0.3) is 0 Å². The lowest BCUT2D eigenvalue weighted by atomic mass is 9.90. The molecule has 0 aliphatic heterocycles. The van der Waals surface area contributed by atoms with Gasteiger partial charge in [-0.15, -0.1) is 0 Å². The summed E-state index contributed by atoms with van der Waals surface area (Å²) in [4.78, 5) is 12.0. The van der Waals surface area contributed by atoms with E-state index in [2.05, 4.69) is 5.32 Å². The molecule has 0 radical (unpaired) electrons. The molecular formula is C12H22N2O2. The quantitative estimate of drug-likeness (QED) is 0.657. The second-order valence-electron chi connectivity index (χ2n) is 5.49. The molecule has 2 aliphatic rings. The zero-order valence-corrected chi connectivity index (χ0v) is 9.91. The predicted molar refractivity (Wildman–Crippen MR) is 61.7 cm³/mol. The third-order valence-corrected chi connectivity index (χ3v) is 3.96. The highest BCUT2D eigenvalue weighted by Crippen LogP contribution is 2.38. The van der Waals surface area contributed by atoms with Gasteiger partial charge >= 0.3 is 0 Å². The van der Waals surface area contributed by atoms with Gasteiger partial charge in [-0.25, -0.2) is 0 Å². The normalized spacial score (nSPS) is 34.2. The van der Waals surface area contributed by atoms with Crippen LogP contribution >= 0.6 is 0 Å². The first kappa shape index (κ1) is 11.9. The molecule has 1 amide bonds. The van der Waals surface area contributed by atoms with E-state index in [1.807, 2.05) is 0 Å². The van der Waals surface area contributed by atoms with Crippen molar-refractivity contribution >= 4 is 5.91 Å². The zero-order valence-electron chi connectivity index (χ0n) is 9.91. The van der Waals surface area contributed by atoms with E-state index in [0.29, 0.717) is 5.92 Å². The number of aliphatic hydroxyl groups is 1. The van der Waals surface area contributed by atoms with Crippen LogP contribution in [0.5, 0.6) is 0 Å². The van der Waals surface area contributed by atoms with Crippen LogP contribution in [0.1, 0.15) is 45.4 Å². The largest absolute Gasteiger partial charge is 0.391 e. The van der Waals surface area contributed by atoms with Gasteiger partial charge in [0.1, 0.15) is 0 Å². The summed E-state index contributed by atoms with van der Waals surface area (Å²) in [5.41, 5.74) is 5.28. The fourth-order valence-electron chi connectivity index (χ4n) is 2.47.